The molecule has 0 bridgehead atoms. The maximum Gasteiger partial charge on any atom is 0.272 e. The van der Waals surface area contributed by atoms with Crippen LogP contribution in [0, 0.1) is 0 Å². The van der Waals surface area contributed by atoms with Gasteiger partial charge in [-0.1, -0.05) is 40.2 Å². The molecule has 1 aliphatic heterocycles. The lowest BCUT2D eigenvalue weighted by Crippen LogP contribution is -2.31. The number of carbonyl (C=O) groups excluding carboxylic acids is 4. The minimum Gasteiger partial charge on any atom is -0.493 e. The zero-order valence-corrected chi connectivity index (χ0v) is 28.0. The van der Waals surface area contributed by atoms with E-state index in [0.717, 1.165) is 4.47 Å². The third kappa shape index (κ3) is 7.67. The Morgan fingerprint density at radius 3 is 2.28 bits per heavy atom. The molecule has 0 unspecified atom stereocenters. The summed E-state index contributed by atoms with van der Waals surface area (Å²) in [4.78, 5) is 54.8. The summed E-state index contributed by atoms with van der Waals surface area (Å²) in [6, 6.07) is 25.7. The van der Waals surface area contributed by atoms with E-state index < -0.39 is 17.1 Å². The van der Waals surface area contributed by atoms with Gasteiger partial charge in [-0.3, -0.25) is 19.2 Å². The first-order valence-electron chi connectivity index (χ1n) is 14.3. The number of hydrogen-bond acceptors (Lipinski definition) is 8. The van der Waals surface area contributed by atoms with Gasteiger partial charge in [0.25, 0.3) is 11.8 Å². The van der Waals surface area contributed by atoms with Gasteiger partial charge in [-0.2, -0.15) is 0 Å². The molecule has 0 spiro atoms. The number of ether oxygens (including phenoxy) is 3. The van der Waals surface area contributed by atoms with E-state index in [0.29, 0.717) is 44.6 Å². The normalized spacial score (nSPS) is 14.5. The molecule has 0 saturated carbocycles. The Morgan fingerprint density at radius 1 is 0.872 bits per heavy atom. The van der Waals surface area contributed by atoms with Crippen LogP contribution in [0.4, 0.5) is 11.4 Å². The van der Waals surface area contributed by atoms with Gasteiger partial charge >= 0.3 is 0 Å². The molecule has 10 nitrogen and oxygen atoms in total. The van der Waals surface area contributed by atoms with Gasteiger partial charge in [0.2, 0.25) is 17.6 Å². The molecule has 4 aromatic rings. The van der Waals surface area contributed by atoms with E-state index in [1.165, 1.54) is 44.1 Å². The number of thioether (sulfide) groups is 1. The van der Waals surface area contributed by atoms with Crippen molar-refractivity contribution in [2.45, 2.75) is 16.6 Å². The van der Waals surface area contributed by atoms with Crippen LogP contribution in [0.15, 0.2) is 106 Å². The van der Waals surface area contributed by atoms with Gasteiger partial charge in [-0.15, -0.1) is 11.8 Å². The molecule has 1 aliphatic rings. The molecular weight excluding hydrogens is 686 g/mol. The molecule has 1 heterocycles. The van der Waals surface area contributed by atoms with Crippen molar-refractivity contribution in [3.05, 3.63) is 112 Å². The second-order valence-electron chi connectivity index (χ2n) is 10.1. The second-order valence-corrected chi connectivity index (χ2v) is 12.3. The number of amides is 4. The van der Waals surface area contributed by atoms with Gasteiger partial charge in [0, 0.05) is 32.6 Å². The number of rotatable bonds is 11. The fourth-order valence-electron chi connectivity index (χ4n) is 4.90. The zero-order chi connectivity index (χ0) is 33.5. The van der Waals surface area contributed by atoms with Gasteiger partial charge < -0.3 is 24.8 Å². The summed E-state index contributed by atoms with van der Waals surface area (Å²) >= 11 is 4.61. The van der Waals surface area contributed by atoms with Crippen LogP contribution >= 0.6 is 27.7 Å². The van der Waals surface area contributed by atoms with E-state index >= 15 is 0 Å². The maximum atomic E-state index is 13.7. The molecule has 0 radical (unpaired) electrons. The van der Waals surface area contributed by atoms with Crippen LogP contribution in [0.2, 0.25) is 0 Å². The topological polar surface area (TPSA) is 123 Å². The molecule has 0 aromatic heterocycles. The van der Waals surface area contributed by atoms with Gasteiger partial charge in [0.05, 0.1) is 32.3 Å². The van der Waals surface area contributed by atoms with Gasteiger partial charge in [0.1, 0.15) is 5.70 Å². The number of halogens is 1. The van der Waals surface area contributed by atoms with Crippen molar-refractivity contribution in [1.82, 2.24) is 5.32 Å². The van der Waals surface area contributed by atoms with E-state index in [1.807, 2.05) is 0 Å². The molecule has 12 heteroatoms. The van der Waals surface area contributed by atoms with Crippen molar-refractivity contribution in [3.8, 4) is 17.2 Å². The zero-order valence-electron chi connectivity index (χ0n) is 25.6. The highest BCUT2D eigenvalue weighted by molar-refractivity contribution is 9.10. The second kappa shape index (κ2) is 15.0. The van der Waals surface area contributed by atoms with Crippen LogP contribution in [0.25, 0.3) is 6.08 Å². The first kappa shape index (κ1) is 33.3. The molecule has 1 saturated heterocycles. The standard InChI is InChI=1S/C35H30BrN3O7S/c1-44-28-17-12-22(31(45-2)32(28)46-3)18-27(38-33(41)21-8-5-4-6-9-21)34(42)37-24-10-7-11-26(19-24)47-29-20-30(40)39(35(29)43)25-15-13-23(36)14-16-25/h4-19,29H,20H2,1-3H3,(H,37,42)(H,38,41)/b27-18-/t29-/m1/s1. The summed E-state index contributed by atoms with van der Waals surface area (Å²) in [5.41, 5.74) is 1.67. The Kier molecular flexibility index (Phi) is 10.6. The van der Waals surface area contributed by atoms with E-state index in [4.69, 9.17) is 14.2 Å². The third-order valence-electron chi connectivity index (χ3n) is 7.12. The Morgan fingerprint density at radius 2 is 1.60 bits per heavy atom. The van der Waals surface area contributed by atoms with Gasteiger partial charge in [-0.25, -0.2) is 4.90 Å². The fourth-order valence-corrected chi connectivity index (χ4v) is 6.28. The highest BCUT2D eigenvalue weighted by atomic mass is 79.9. The van der Waals surface area contributed by atoms with Crippen molar-refractivity contribution < 1.29 is 33.4 Å². The quantitative estimate of drug-likeness (QED) is 0.137. The highest BCUT2D eigenvalue weighted by Gasteiger charge is 2.40. The number of nitrogens with zero attached hydrogens (tertiary/aromatic N) is 1. The first-order valence-corrected chi connectivity index (χ1v) is 16.0. The predicted molar refractivity (Wildman–Crippen MR) is 184 cm³/mol. The summed E-state index contributed by atoms with van der Waals surface area (Å²) in [7, 11) is 4.43. The molecule has 5 rings (SSSR count). The molecular formula is C35H30BrN3O7S. The largest absolute Gasteiger partial charge is 0.493 e. The SMILES string of the molecule is COc1ccc(/C=C(\NC(=O)c2ccccc2)C(=O)Nc2cccc(S[C@@H]3CC(=O)N(c4ccc(Br)cc4)C3=O)c2)c(OC)c1OC. The number of nitrogens with one attached hydrogen (secondary N) is 2. The molecule has 47 heavy (non-hydrogen) atoms. The van der Waals surface area contributed by atoms with Crippen LogP contribution in [0.3, 0.4) is 0 Å². The minimum atomic E-state index is -0.629. The number of carbonyl (C=O) groups is 4. The summed E-state index contributed by atoms with van der Waals surface area (Å²) in [5, 5.41) is 4.92. The number of methoxy groups -OCH3 is 3. The molecule has 1 atom stereocenters. The predicted octanol–water partition coefficient (Wildman–Crippen LogP) is 6.31. The monoisotopic (exact) mass is 715 g/mol. The fraction of sp³-hybridized carbons (Fsp3) is 0.143. The van der Waals surface area contributed by atoms with E-state index in [-0.39, 0.29) is 23.9 Å². The van der Waals surface area contributed by atoms with Crippen molar-refractivity contribution in [1.29, 1.82) is 0 Å². The molecule has 4 amide bonds. The molecule has 240 valence electrons. The molecule has 1 fully saturated rings. The van der Waals surface area contributed by atoms with E-state index in [2.05, 4.69) is 26.6 Å². The van der Waals surface area contributed by atoms with Crippen LogP contribution in [0.5, 0.6) is 17.2 Å². The third-order valence-corrected chi connectivity index (χ3v) is 8.83. The van der Waals surface area contributed by atoms with Crippen molar-refractivity contribution >= 4 is 68.8 Å². The Bertz CT molecular complexity index is 1850. The van der Waals surface area contributed by atoms with E-state index in [9.17, 15) is 19.2 Å². The van der Waals surface area contributed by atoms with Crippen LogP contribution in [0.1, 0.15) is 22.3 Å². The minimum absolute atomic E-state index is 0.0434. The summed E-state index contributed by atoms with van der Waals surface area (Å²) in [6.45, 7) is 0. The van der Waals surface area contributed by atoms with E-state index in [1.54, 1.807) is 91.0 Å². The Balaban J connectivity index is 1.39. The lowest BCUT2D eigenvalue weighted by atomic mass is 10.1. The van der Waals surface area contributed by atoms with Gasteiger partial charge in [-0.05, 0) is 72.8 Å². The van der Waals surface area contributed by atoms with Gasteiger partial charge in [0.15, 0.2) is 11.5 Å². The Labute approximate surface area is 284 Å². The maximum absolute atomic E-state index is 13.7. The highest BCUT2D eigenvalue weighted by Crippen LogP contribution is 2.41. The number of imide groups is 1. The summed E-state index contributed by atoms with van der Waals surface area (Å²) in [5.74, 6) is -0.642. The smallest absolute Gasteiger partial charge is 0.272 e. The summed E-state index contributed by atoms with van der Waals surface area (Å²) < 4.78 is 17.3. The summed E-state index contributed by atoms with van der Waals surface area (Å²) in [6.07, 6.45) is 1.52. The van der Waals surface area contributed by atoms with Crippen molar-refractivity contribution in [2.24, 2.45) is 0 Å². The van der Waals surface area contributed by atoms with Crippen LogP contribution < -0.4 is 29.7 Å². The lowest BCUT2D eigenvalue weighted by Gasteiger charge is -2.16. The lowest BCUT2D eigenvalue weighted by molar-refractivity contribution is -0.121. The van der Waals surface area contributed by atoms with Crippen LogP contribution in [-0.4, -0.2) is 50.2 Å². The first-order chi connectivity index (χ1) is 22.7. The van der Waals surface area contributed by atoms with Crippen LogP contribution in [-0.2, 0) is 14.4 Å². The molecule has 2 N–H and O–H groups in total. The molecule has 0 aliphatic carbocycles. The average Bonchev–Trinajstić information content (AvgIpc) is 3.36. The van der Waals surface area contributed by atoms with Crippen molar-refractivity contribution in [3.63, 3.8) is 0 Å². The Hall–Kier alpha value is -5.07. The molecule has 4 aromatic carbocycles. The van der Waals surface area contributed by atoms with Crippen molar-refractivity contribution in [2.75, 3.05) is 31.5 Å². The number of benzene rings is 4. The number of hydrogen-bond donors (Lipinski definition) is 2. The number of anilines is 2. The average molecular weight is 717 g/mol.